The van der Waals surface area contributed by atoms with Gasteiger partial charge < -0.3 is 5.32 Å². The van der Waals surface area contributed by atoms with Crippen molar-refractivity contribution >= 4 is 22.8 Å². The van der Waals surface area contributed by atoms with Crippen LogP contribution in [0, 0.1) is 0 Å². The number of nitrogens with one attached hydrogen (secondary N) is 1. The third-order valence-corrected chi connectivity index (χ3v) is 3.23. The first kappa shape index (κ1) is 13.2. The van der Waals surface area contributed by atoms with Gasteiger partial charge in [-0.25, -0.2) is 9.97 Å². The SMILES string of the molecule is CCc1ccccc1NC(=O)c1cnc2nccnc2c1. The summed E-state index contributed by atoms with van der Waals surface area (Å²) in [7, 11) is 0. The largest absolute Gasteiger partial charge is 0.322 e. The number of anilines is 1. The fourth-order valence-corrected chi connectivity index (χ4v) is 2.13. The summed E-state index contributed by atoms with van der Waals surface area (Å²) in [4.78, 5) is 24.7. The second-order valence-corrected chi connectivity index (χ2v) is 4.59. The molecule has 0 aliphatic carbocycles. The van der Waals surface area contributed by atoms with Gasteiger partial charge in [0.2, 0.25) is 0 Å². The first-order chi connectivity index (χ1) is 10.3. The highest BCUT2D eigenvalue weighted by Crippen LogP contribution is 2.17. The van der Waals surface area contributed by atoms with E-state index < -0.39 is 0 Å². The van der Waals surface area contributed by atoms with Crippen LogP contribution < -0.4 is 5.32 Å². The first-order valence-corrected chi connectivity index (χ1v) is 6.74. The summed E-state index contributed by atoms with van der Waals surface area (Å²) in [6.45, 7) is 2.05. The third-order valence-electron chi connectivity index (χ3n) is 3.23. The van der Waals surface area contributed by atoms with Crippen molar-refractivity contribution < 1.29 is 4.79 Å². The van der Waals surface area contributed by atoms with E-state index >= 15 is 0 Å². The van der Waals surface area contributed by atoms with Crippen LogP contribution in [0.2, 0.25) is 0 Å². The normalized spacial score (nSPS) is 10.5. The van der Waals surface area contributed by atoms with Gasteiger partial charge in [0, 0.05) is 24.3 Å². The number of nitrogens with zero attached hydrogens (tertiary/aromatic N) is 3. The molecule has 0 atom stereocenters. The Morgan fingerprint density at radius 2 is 1.95 bits per heavy atom. The standard InChI is InChI=1S/C16H14N4O/c1-2-11-5-3-4-6-13(11)20-16(21)12-9-14-15(19-10-12)18-8-7-17-14/h3-10H,2H2,1H3,(H,20,21). The number of amides is 1. The molecule has 0 saturated carbocycles. The average molecular weight is 278 g/mol. The lowest BCUT2D eigenvalue weighted by Gasteiger charge is -2.09. The Kier molecular flexibility index (Phi) is 3.55. The topological polar surface area (TPSA) is 67.8 Å². The molecule has 0 saturated heterocycles. The molecule has 0 fully saturated rings. The Bertz CT molecular complexity index is 801. The number of pyridine rings is 1. The van der Waals surface area contributed by atoms with Crippen LogP contribution in [-0.2, 0) is 6.42 Å². The van der Waals surface area contributed by atoms with Crippen molar-refractivity contribution in [3.8, 4) is 0 Å². The molecule has 0 spiro atoms. The Morgan fingerprint density at radius 3 is 2.81 bits per heavy atom. The molecule has 1 amide bonds. The predicted molar refractivity (Wildman–Crippen MR) is 81.1 cm³/mol. The molecule has 0 radical (unpaired) electrons. The van der Waals surface area contributed by atoms with Crippen LogP contribution in [-0.4, -0.2) is 20.9 Å². The van der Waals surface area contributed by atoms with Crippen LogP contribution in [0.25, 0.3) is 11.2 Å². The number of hydrogen-bond donors (Lipinski definition) is 1. The number of carbonyl (C=O) groups excluding carboxylic acids is 1. The zero-order valence-corrected chi connectivity index (χ0v) is 11.6. The van der Waals surface area contributed by atoms with Crippen LogP contribution in [0.1, 0.15) is 22.8 Å². The lowest BCUT2D eigenvalue weighted by atomic mass is 10.1. The second kappa shape index (κ2) is 5.66. The van der Waals surface area contributed by atoms with E-state index in [-0.39, 0.29) is 5.91 Å². The molecule has 3 rings (SSSR count). The van der Waals surface area contributed by atoms with Gasteiger partial charge in [0.25, 0.3) is 5.91 Å². The first-order valence-electron chi connectivity index (χ1n) is 6.74. The number of rotatable bonds is 3. The summed E-state index contributed by atoms with van der Waals surface area (Å²) in [5.41, 5.74) is 3.52. The van der Waals surface area contributed by atoms with Gasteiger partial charge in [-0.3, -0.25) is 9.78 Å². The van der Waals surface area contributed by atoms with E-state index in [1.165, 1.54) is 6.20 Å². The monoisotopic (exact) mass is 278 g/mol. The van der Waals surface area contributed by atoms with Gasteiger partial charge >= 0.3 is 0 Å². The number of para-hydroxylation sites is 1. The maximum absolute atomic E-state index is 12.3. The van der Waals surface area contributed by atoms with E-state index in [1.807, 2.05) is 24.3 Å². The summed E-state index contributed by atoms with van der Waals surface area (Å²) in [5.74, 6) is -0.198. The number of aryl methyl sites for hydroxylation is 1. The van der Waals surface area contributed by atoms with Crippen molar-refractivity contribution in [1.82, 2.24) is 15.0 Å². The summed E-state index contributed by atoms with van der Waals surface area (Å²) >= 11 is 0. The smallest absolute Gasteiger partial charge is 0.257 e. The maximum Gasteiger partial charge on any atom is 0.257 e. The minimum Gasteiger partial charge on any atom is -0.322 e. The molecule has 5 heteroatoms. The van der Waals surface area contributed by atoms with Gasteiger partial charge in [-0.1, -0.05) is 25.1 Å². The molecule has 0 bridgehead atoms. The highest BCUT2D eigenvalue weighted by Gasteiger charge is 2.10. The molecule has 5 nitrogen and oxygen atoms in total. The van der Waals surface area contributed by atoms with E-state index in [4.69, 9.17) is 0 Å². The number of carbonyl (C=O) groups is 1. The van der Waals surface area contributed by atoms with Crippen LogP contribution in [0.4, 0.5) is 5.69 Å². The Hall–Kier alpha value is -2.82. The molecule has 3 aromatic rings. The fourth-order valence-electron chi connectivity index (χ4n) is 2.13. The molecule has 1 aromatic carbocycles. The predicted octanol–water partition coefficient (Wildman–Crippen LogP) is 2.84. The molecule has 2 aromatic heterocycles. The quantitative estimate of drug-likeness (QED) is 0.800. The molecule has 0 aliphatic heterocycles. The van der Waals surface area contributed by atoms with Gasteiger partial charge in [-0.15, -0.1) is 0 Å². The molecule has 21 heavy (non-hydrogen) atoms. The van der Waals surface area contributed by atoms with Crippen molar-refractivity contribution in [2.45, 2.75) is 13.3 Å². The minimum atomic E-state index is -0.198. The van der Waals surface area contributed by atoms with E-state index in [1.54, 1.807) is 18.5 Å². The zero-order chi connectivity index (χ0) is 14.7. The van der Waals surface area contributed by atoms with Gasteiger partial charge in [-0.05, 0) is 24.1 Å². The summed E-state index contributed by atoms with van der Waals surface area (Å²) in [6.07, 6.45) is 5.53. The van der Waals surface area contributed by atoms with Gasteiger partial charge in [0.1, 0.15) is 5.52 Å². The molecular weight excluding hydrogens is 264 g/mol. The van der Waals surface area contributed by atoms with Gasteiger partial charge in [0.05, 0.1) is 5.56 Å². The van der Waals surface area contributed by atoms with E-state index in [2.05, 4.69) is 27.2 Å². The Labute approximate surface area is 122 Å². The van der Waals surface area contributed by atoms with Crippen molar-refractivity contribution in [1.29, 1.82) is 0 Å². The molecule has 0 aliphatic rings. The van der Waals surface area contributed by atoms with E-state index in [0.717, 1.165) is 17.7 Å². The van der Waals surface area contributed by atoms with Crippen LogP contribution in [0.3, 0.4) is 0 Å². The van der Waals surface area contributed by atoms with Crippen molar-refractivity contribution in [3.63, 3.8) is 0 Å². The number of hydrogen-bond acceptors (Lipinski definition) is 4. The van der Waals surface area contributed by atoms with Gasteiger partial charge in [-0.2, -0.15) is 0 Å². The zero-order valence-electron chi connectivity index (χ0n) is 11.6. The minimum absolute atomic E-state index is 0.198. The Balaban J connectivity index is 1.90. The lowest BCUT2D eigenvalue weighted by molar-refractivity contribution is 0.102. The molecule has 104 valence electrons. The molecule has 1 N–H and O–H groups in total. The highest BCUT2D eigenvalue weighted by atomic mass is 16.1. The van der Waals surface area contributed by atoms with Crippen molar-refractivity contribution in [2.24, 2.45) is 0 Å². The number of benzene rings is 1. The summed E-state index contributed by atoms with van der Waals surface area (Å²) < 4.78 is 0. The number of fused-ring (bicyclic) bond motifs is 1. The van der Waals surface area contributed by atoms with E-state index in [9.17, 15) is 4.79 Å². The van der Waals surface area contributed by atoms with Crippen molar-refractivity contribution in [3.05, 3.63) is 60.0 Å². The Morgan fingerprint density at radius 1 is 1.14 bits per heavy atom. The lowest BCUT2D eigenvalue weighted by Crippen LogP contribution is -2.13. The molecule has 0 unspecified atom stereocenters. The number of aromatic nitrogens is 3. The summed E-state index contributed by atoms with van der Waals surface area (Å²) in [5, 5.41) is 2.92. The van der Waals surface area contributed by atoms with Gasteiger partial charge in [0.15, 0.2) is 5.65 Å². The van der Waals surface area contributed by atoms with Crippen LogP contribution in [0.5, 0.6) is 0 Å². The van der Waals surface area contributed by atoms with Crippen LogP contribution >= 0.6 is 0 Å². The summed E-state index contributed by atoms with van der Waals surface area (Å²) in [6, 6.07) is 9.45. The highest BCUT2D eigenvalue weighted by molar-refractivity contribution is 6.05. The average Bonchev–Trinajstić information content (AvgIpc) is 2.55. The maximum atomic E-state index is 12.3. The fraction of sp³-hybridized carbons (Fsp3) is 0.125. The van der Waals surface area contributed by atoms with Crippen molar-refractivity contribution in [2.75, 3.05) is 5.32 Å². The molecule has 2 heterocycles. The molecular formula is C16H14N4O. The van der Waals surface area contributed by atoms with E-state index in [0.29, 0.717) is 16.7 Å². The second-order valence-electron chi connectivity index (χ2n) is 4.59. The van der Waals surface area contributed by atoms with Crippen LogP contribution in [0.15, 0.2) is 48.9 Å². The third kappa shape index (κ3) is 2.72.